The van der Waals surface area contributed by atoms with Crippen molar-refractivity contribution in [3.8, 4) is 0 Å². The third-order valence-electron chi connectivity index (χ3n) is 2.79. The van der Waals surface area contributed by atoms with Gasteiger partial charge in [-0.15, -0.1) is 11.8 Å². The fraction of sp³-hybridized carbons (Fsp3) is 0.500. The van der Waals surface area contributed by atoms with Crippen LogP contribution in [0.2, 0.25) is 0 Å². The number of pyridine rings is 1. The van der Waals surface area contributed by atoms with Gasteiger partial charge < -0.3 is 9.88 Å². The maximum atomic E-state index is 11.8. The average molecular weight is 210 g/mol. The van der Waals surface area contributed by atoms with Crippen LogP contribution in [-0.2, 0) is 20.1 Å². The second-order valence-electron chi connectivity index (χ2n) is 3.55. The fourth-order valence-corrected chi connectivity index (χ4v) is 2.85. The molecule has 0 saturated carbocycles. The third-order valence-corrected chi connectivity index (χ3v) is 3.75. The monoisotopic (exact) mass is 210 g/mol. The SMILES string of the molecule is CSc1c2c(n(C)c(=O)c1C)CNC2. The normalized spacial score (nSPS) is 14.5. The Labute approximate surface area is 87.5 Å². The van der Waals surface area contributed by atoms with Gasteiger partial charge in [-0.3, -0.25) is 4.79 Å². The molecule has 0 atom stereocenters. The fourth-order valence-electron chi connectivity index (χ4n) is 2.02. The first-order valence-electron chi connectivity index (χ1n) is 4.63. The molecule has 0 saturated heterocycles. The maximum Gasteiger partial charge on any atom is 0.254 e. The van der Waals surface area contributed by atoms with Crippen LogP contribution in [0.3, 0.4) is 0 Å². The van der Waals surface area contributed by atoms with Crippen LogP contribution < -0.4 is 10.9 Å². The molecule has 0 spiro atoms. The molecule has 3 nitrogen and oxygen atoms in total. The minimum absolute atomic E-state index is 0.136. The molecule has 0 amide bonds. The van der Waals surface area contributed by atoms with Gasteiger partial charge in [0, 0.05) is 41.9 Å². The Kier molecular flexibility index (Phi) is 2.41. The molecule has 0 bridgehead atoms. The van der Waals surface area contributed by atoms with Gasteiger partial charge in [-0.05, 0) is 13.2 Å². The first-order valence-corrected chi connectivity index (χ1v) is 5.85. The highest BCUT2D eigenvalue weighted by atomic mass is 32.2. The Bertz CT molecular complexity index is 437. The van der Waals surface area contributed by atoms with Crippen molar-refractivity contribution in [1.82, 2.24) is 9.88 Å². The summed E-state index contributed by atoms with van der Waals surface area (Å²) in [7, 11) is 1.85. The molecule has 1 aliphatic heterocycles. The van der Waals surface area contributed by atoms with Crippen LogP contribution in [-0.4, -0.2) is 10.8 Å². The molecule has 14 heavy (non-hydrogen) atoms. The molecule has 76 valence electrons. The maximum absolute atomic E-state index is 11.8. The lowest BCUT2D eigenvalue weighted by Crippen LogP contribution is -2.24. The van der Waals surface area contributed by atoms with E-state index >= 15 is 0 Å². The average Bonchev–Trinajstić information content (AvgIpc) is 2.64. The van der Waals surface area contributed by atoms with E-state index in [0.29, 0.717) is 0 Å². The molecule has 0 fully saturated rings. The largest absolute Gasteiger partial charge is 0.314 e. The van der Waals surface area contributed by atoms with Gasteiger partial charge >= 0.3 is 0 Å². The van der Waals surface area contributed by atoms with Gasteiger partial charge in [0.15, 0.2) is 0 Å². The summed E-state index contributed by atoms with van der Waals surface area (Å²) in [4.78, 5) is 13.0. The summed E-state index contributed by atoms with van der Waals surface area (Å²) in [5.41, 5.74) is 3.46. The van der Waals surface area contributed by atoms with Gasteiger partial charge in [0.1, 0.15) is 0 Å². The lowest BCUT2D eigenvalue weighted by Gasteiger charge is -2.12. The number of hydrogen-bond acceptors (Lipinski definition) is 3. The summed E-state index contributed by atoms with van der Waals surface area (Å²) in [6.07, 6.45) is 2.03. The van der Waals surface area contributed by atoms with Crippen molar-refractivity contribution >= 4 is 11.8 Å². The predicted molar refractivity (Wildman–Crippen MR) is 58.7 cm³/mol. The van der Waals surface area contributed by atoms with Crippen LogP contribution in [0.25, 0.3) is 0 Å². The summed E-state index contributed by atoms with van der Waals surface area (Å²) in [6, 6.07) is 0. The number of fused-ring (bicyclic) bond motifs is 1. The number of nitrogens with zero attached hydrogens (tertiary/aromatic N) is 1. The van der Waals surface area contributed by atoms with Crippen LogP contribution >= 0.6 is 11.8 Å². The first kappa shape index (κ1) is 9.80. The van der Waals surface area contributed by atoms with E-state index < -0.39 is 0 Å². The Hall–Kier alpha value is -0.740. The number of nitrogens with one attached hydrogen (secondary N) is 1. The van der Waals surface area contributed by atoms with Gasteiger partial charge in [-0.2, -0.15) is 0 Å². The van der Waals surface area contributed by atoms with Gasteiger partial charge in [0.25, 0.3) is 5.56 Å². The Morgan fingerprint density at radius 2 is 2.14 bits per heavy atom. The standard InChI is InChI=1S/C10H14N2OS/c1-6-9(14-3)7-4-11-5-8(7)12(2)10(6)13/h11H,4-5H2,1-3H3. The summed E-state index contributed by atoms with van der Waals surface area (Å²) in [5, 5.41) is 3.28. The lowest BCUT2D eigenvalue weighted by molar-refractivity contribution is 0.718. The van der Waals surface area contributed by atoms with Crippen molar-refractivity contribution in [3.63, 3.8) is 0 Å². The summed E-state index contributed by atoms with van der Waals surface area (Å²) in [5.74, 6) is 0. The first-order chi connectivity index (χ1) is 6.66. The molecule has 2 heterocycles. The molecule has 1 N–H and O–H groups in total. The molecule has 0 radical (unpaired) electrons. The molecule has 4 heteroatoms. The molecule has 1 aromatic rings. The molecule has 1 aliphatic rings. The quantitative estimate of drug-likeness (QED) is 0.703. The van der Waals surface area contributed by atoms with E-state index in [1.165, 1.54) is 5.56 Å². The number of thioether (sulfide) groups is 1. The summed E-state index contributed by atoms with van der Waals surface area (Å²) in [6.45, 7) is 3.61. The van der Waals surface area contributed by atoms with Gasteiger partial charge in [-0.1, -0.05) is 0 Å². The molecule has 0 aromatic carbocycles. The van der Waals surface area contributed by atoms with Crippen LogP contribution in [0.4, 0.5) is 0 Å². The van der Waals surface area contributed by atoms with Crippen molar-refractivity contribution in [3.05, 3.63) is 27.2 Å². The molecule has 0 unspecified atom stereocenters. The van der Waals surface area contributed by atoms with Crippen LogP contribution in [0.1, 0.15) is 16.8 Å². The van der Waals surface area contributed by atoms with Crippen LogP contribution in [0.5, 0.6) is 0 Å². The Balaban J connectivity index is 2.80. The van der Waals surface area contributed by atoms with Gasteiger partial charge in [-0.25, -0.2) is 0 Å². The topological polar surface area (TPSA) is 34.0 Å². The van der Waals surface area contributed by atoms with Crippen LogP contribution in [0.15, 0.2) is 9.69 Å². The third kappa shape index (κ3) is 1.21. The zero-order valence-electron chi connectivity index (χ0n) is 8.68. The molecule has 2 rings (SSSR count). The Morgan fingerprint density at radius 1 is 1.43 bits per heavy atom. The summed E-state index contributed by atoms with van der Waals surface area (Å²) >= 11 is 1.67. The lowest BCUT2D eigenvalue weighted by atomic mass is 10.1. The molecular formula is C10H14N2OS. The van der Waals surface area contributed by atoms with Crippen LogP contribution in [0, 0.1) is 6.92 Å². The second kappa shape index (κ2) is 3.44. The highest BCUT2D eigenvalue weighted by molar-refractivity contribution is 7.98. The smallest absolute Gasteiger partial charge is 0.254 e. The van der Waals surface area contributed by atoms with Crippen molar-refractivity contribution in [2.45, 2.75) is 24.9 Å². The van der Waals surface area contributed by atoms with E-state index in [1.54, 1.807) is 16.3 Å². The minimum atomic E-state index is 0.136. The second-order valence-corrected chi connectivity index (χ2v) is 4.37. The zero-order valence-corrected chi connectivity index (χ0v) is 9.49. The zero-order chi connectivity index (χ0) is 10.3. The molecular weight excluding hydrogens is 196 g/mol. The van der Waals surface area contributed by atoms with Gasteiger partial charge in [0.05, 0.1) is 0 Å². The van der Waals surface area contributed by atoms with Crippen molar-refractivity contribution in [1.29, 1.82) is 0 Å². The van der Waals surface area contributed by atoms with E-state index in [4.69, 9.17) is 0 Å². The predicted octanol–water partition coefficient (Wildman–Crippen LogP) is 1.02. The van der Waals surface area contributed by atoms with E-state index in [0.717, 1.165) is 29.2 Å². The molecule has 0 aliphatic carbocycles. The summed E-state index contributed by atoms with van der Waals surface area (Å²) < 4.78 is 1.77. The van der Waals surface area contributed by atoms with E-state index in [1.807, 2.05) is 20.2 Å². The van der Waals surface area contributed by atoms with Crippen molar-refractivity contribution < 1.29 is 0 Å². The van der Waals surface area contributed by atoms with Crippen molar-refractivity contribution in [2.24, 2.45) is 7.05 Å². The highest BCUT2D eigenvalue weighted by Crippen LogP contribution is 2.27. The minimum Gasteiger partial charge on any atom is -0.314 e. The number of hydrogen-bond donors (Lipinski definition) is 1. The number of aromatic nitrogens is 1. The molecule has 1 aromatic heterocycles. The highest BCUT2D eigenvalue weighted by Gasteiger charge is 2.20. The van der Waals surface area contributed by atoms with Crippen molar-refractivity contribution in [2.75, 3.05) is 6.26 Å². The van der Waals surface area contributed by atoms with E-state index in [-0.39, 0.29) is 5.56 Å². The van der Waals surface area contributed by atoms with E-state index in [9.17, 15) is 4.79 Å². The number of rotatable bonds is 1. The Morgan fingerprint density at radius 3 is 2.79 bits per heavy atom. The van der Waals surface area contributed by atoms with Gasteiger partial charge in [0.2, 0.25) is 0 Å². The van der Waals surface area contributed by atoms with E-state index in [2.05, 4.69) is 5.32 Å².